The number of rotatable bonds is 35. The fourth-order valence-electron chi connectivity index (χ4n) is 7.05. The standard InChI is InChI=1S/C54H81FO11/c1-9-17-25-57-40-35-43(58-26-18-10-2)41-37-48(66-54(56)42-38-47(61-29-21-13-5)52(63-31-23-15-7)53(49(42)55)64-32-24-16-8)50(65-44(41)36-40)39-33-45(59-27-19-11-3)51(62-30-22-14-6)46(34-39)60-28-20-12-4/h33-36,38,48,50H,9-32,37H2,1-8H3/t48-,50+/m1/s1. The topological polar surface area (TPSA) is 109 Å². The molecule has 0 saturated carbocycles. The fourth-order valence-corrected chi connectivity index (χ4v) is 7.05. The molecule has 0 spiro atoms. The minimum Gasteiger partial charge on any atom is -0.493 e. The average Bonchev–Trinajstić information content (AvgIpc) is 3.31. The molecule has 2 atom stereocenters. The van der Waals surface area contributed by atoms with E-state index >= 15 is 4.39 Å². The van der Waals surface area contributed by atoms with Gasteiger partial charge in [0.1, 0.15) is 28.9 Å². The van der Waals surface area contributed by atoms with E-state index in [1.165, 1.54) is 6.07 Å². The van der Waals surface area contributed by atoms with Crippen LogP contribution in [0.5, 0.6) is 51.7 Å². The second-order valence-electron chi connectivity index (χ2n) is 16.9. The number of esters is 1. The van der Waals surface area contributed by atoms with E-state index in [0.29, 0.717) is 98.3 Å². The highest BCUT2D eigenvalue weighted by molar-refractivity contribution is 5.92. The van der Waals surface area contributed by atoms with Crippen molar-refractivity contribution in [3.63, 3.8) is 0 Å². The molecule has 0 saturated heterocycles. The van der Waals surface area contributed by atoms with Crippen molar-refractivity contribution in [2.75, 3.05) is 52.9 Å². The van der Waals surface area contributed by atoms with Gasteiger partial charge in [0.15, 0.2) is 29.2 Å². The first-order valence-electron chi connectivity index (χ1n) is 25.4. The first kappa shape index (κ1) is 53.9. The Morgan fingerprint density at radius 1 is 0.500 bits per heavy atom. The first-order valence-corrected chi connectivity index (χ1v) is 25.4. The van der Waals surface area contributed by atoms with Crippen LogP contribution in [0.1, 0.15) is 186 Å². The number of carbonyl (C=O) groups is 1. The first-order chi connectivity index (χ1) is 32.3. The molecule has 0 bridgehead atoms. The number of benzene rings is 3. The predicted octanol–water partition coefficient (Wildman–Crippen LogP) is 14.2. The highest BCUT2D eigenvalue weighted by atomic mass is 19.1. The van der Waals surface area contributed by atoms with Gasteiger partial charge in [0.05, 0.1) is 52.9 Å². The number of fused-ring (bicyclic) bond motifs is 1. The molecular weight excluding hydrogens is 844 g/mol. The van der Waals surface area contributed by atoms with E-state index in [2.05, 4.69) is 48.5 Å². The van der Waals surface area contributed by atoms with Crippen molar-refractivity contribution in [3.8, 4) is 51.7 Å². The third-order valence-electron chi connectivity index (χ3n) is 11.2. The van der Waals surface area contributed by atoms with Gasteiger partial charge in [-0.05, 0) is 63.5 Å². The third kappa shape index (κ3) is 16.2. The average molecular weight is 925 g/mol. The Balaban J connectivity index is 1.93. The summed E-state index contributed by atoms with van der Waals surface area (Å²) in [7, 11) is 0. The van der Waals surface area contributed by atoms with Crippen LogP contribution in [0.25, 0.3) is 0 Å². The summed E-state index contributed by atoms with van der Waals surface area (Å²) in [5.41, 5.74) is 1.03. The Kier molecular flexibility index (Phi) is 24.9. The molecule has 3 aromatic carbocycles. The summed E-state index contributed by atoms with van der Waals surface area (Å²) < 4.78 is 80.9. The summed E-state index contributed by atoms with van der Waals surface area (Å²) in [4.78, 5) is 14.7. The van der Waals surface area contributed by atoms with Gasteiger partial charge >= 0.3 is 5.97 Å². The maximum Gasteiger partial charge on any atom is 0.341 e. The third-order valence-corrected chi connectivity index (χ3v) is 11.2. The van der Waals surface area contributed by atoms with Crippen molar-refractivity contribution in [1.29, 1.82) is 0 Å². The number of hydrogen-bond donors (Lipinski definition) is 0. The molecule has 3 aromatic rings. The molecule has 1 aliphatic heterocycles. The van der Waals surface area contributed by atoms with Gasteiger partial charge in [-0.1, -0.05) is 107 Å². The molecule has 1 aliphatic rings. The molecule has 4 rings (SSSR count). The predicted molar refractivity (Wildman–Crippen MR) is 259 cm³/mol. The van der Waals surface area contributed by atoms with Crippen LogP contribution in [0.3, 0.4) is 0 Å². The number of hydrogen-bond acceptors (Lipinski definition) is 11. The van der Waals surface area contributed by atoms with E-state index in [1.807, 2.05) is 31.2 Å². The minimum absolute atomic E-state index is 0.149. The molecule has 66 heavy (non-hydrogen) atoms. The van der Waals surface area contributed by atoms with Crippen LogP contribution < -0.4 is 42.6 Å². The summed E-state index contributed by atoms with van der Waals surface area (Å²) in [6.07, 6.45) is 12.1. The van der Waals surface area contributed by atoms with E-state index in [1.54, 1.807) is 0 Å². The van der Waals surface area contributed by atoms with E-state index < -0.39 is 24.0 Å². The lowest BCUT2D eigenvalue weighted by Crippen LogP contribution is -2.35. The molecule has 1 heterocycles. The number of halogens is 1. The second-order valence-corrected chi connectivity index (χ2v) is 16.9. The van der Waals surface area contributed by atoms with Crippen LogP contribution in [-0.2, 0) is 11.2 Å². The van der Waals surface area contributed by atoms with Crippen molar-refractivity contribution in [1.82, 2.24) is 0 Å². The smallest absolute Gasteiger partial charge is 0.341 e. The quantitative estimate of drug-likeness (QED) is 0.0415. The van der Waals surface area contributed by atoms with Gasteiger partial charge in [0.25, 0.3) is 0 Å². The number of carbonyl (C=O) groups excluding carboxylic acids is 1. The molecular formula is C54H81FO11. The normalized spacial score (nSPS) is 14.2. The lowest BCUT2D eigenvalue weighted by atomic mass is 9.93. The van der Waals surface area contributed by atoms with Crippen LogP contribution in [0.15, 0.2) is 30.3 Å². The van der Waals surface area contributed by atoms with Crippen molar-refractivity contribution in [2.45, 2.75) is 177 Å². The molecule has 12 heteroatoms. The fraction of sp³-hybridized carbons (Fsp3) is 0.648. The summed E-state index contributed by atoms with van der Waals surface area (Å²) in [6, 6.07) is 8.92. The van der Waals surface area contributed by atoms with E-state index in [-0.39, 0.29) is 35.8 Å². The van der Waals surface area contributed by atoms with Crippen molar-refractivity contribution >= 4 is 5.97 Å². The van der Waals surface area contributed by atoms with Crippen molar-refractivity contribution < 1.29 is 56.6 Å². The largest absolute Gasteiger partial charge is 0.493 e. The van der Waals surface area contributed by atoms with Crippen LogP contribution in [-0.4, -0.2) is 64.9 Å². The van der Waals surface area contributed by atoms with Gasteiger partial charge in [-0.15, -0.1) is 0 Å². The minimum atomic E-state index is -0.974. The van der Waals surface area contributed by atoms with Gasteiger partial charge in [-0.25, -0.2) is 9.18 Å². The van der Waals surface area contributed by atoms with Gasteiger partial charge in [0, 0.05) is 35.7 Å². The Morgan fingerprint density at radius 2 is 0.909 bits per heavy atom. The lowest BCUT2D eigenvalue weighted by molar-refractivity contribution is -0.0194. The molecule has 0 amide bonds. The number of ether oxygens (including phenoxy) is 10. The van der Waals surface area contributed by atoms with E-state index in [4.69, 9.17) is 47.4 Å². The zero-order chi connectivity index (χ0) is 47.5. The van der Waals surface area contributed by atoms with Gasteiger partial charge in [-0.3, -0.25) is 0 Å². The van der Waals surface area contributed by atoms with Crippen molar-refractivity contribution in [3.05, 3.63) is 52.8 Å². The monoisotopic (exact) mass is 925 g/mol. The van der Waals surface area contributed by atoms with E-state index in [0.717, 1.165) is 96.3 Å². The summed E-state index contributed by atoms with van der Waals surface area (Å²) in [6.45, 7) is 20.0. The number of unbranched alkanes of at least 4 members (excludes halogenated alkanes) is 8. The highest BCUT2D eigenvalue weighted by Gasteiger charge is 2.39. The van der Waals surface area contributed by atoms with E-state index in [9.17, 15) is 4.79 Å². The zero-order valence-corrected chi connectivity index (χ0v) is 41.6. The van der Waals surface area contributed by atoms with Gasteiger partial charge in [-0.2, -0.15) is 0 Å². The molecule has 0 aromatic heterocycles. The molecule has 11 nitrogen and oxygen atoms in total. The summed E-state index contributed by atoms with van der Waals surface area (Å²) in [5, 5.41) is 0. The van der Waals surface area contributed by atoms with Gasteiger partial charge in [0.2, 0.25) is 17.2 Å². The molecule has 0 N–H and O–H groups in total. The van der Waals surface area contributed by atoms with Gasteiger partial charge < -0.3 is 47.4 Å². The molecule has 0 unspecified atom stereocenters. The lowest BCUT2D eigenvalue weighted by Gasteiger charge is -2.35. The molecule has 0 fully saturated rings. The SMILES string of the molecule is CCCCOc1cc(OCCCC)c2c(c1)O[C@@H](c1cc(OCCCC)c(OCCCC)c(OCCCC)c1)[C@H](OC(=O)c1cc(OCCCC)c(OCCCC)c(OCCCC)c1F)C2. The maximum atomic E-state index is 17.0. The molecule has 0 radical (unpaired) electrons. The molecule has 370 valence electrons. The Labute approximate surface area is 395 Å². The summed E-state index contributed by atoms with van der Waals surface area (Å²) >= 11 is 0. The molecule has 0 aliphatic carbocycles. The zero-order valence-electron chi connectivity index (χ0n) is 41.6. The van der Waals surface area contributed by atoms with Crippen LogP contribution in [0.4, 0.5) is 4.39 Å². The Hall–Kier alpha value is -4.74. The second kappa shape index (κ2) is 30.5. The van der Waals surface area contributed by atoms with Crippen LogP contribution in [0, 0.1) is 5.82 Å². The Morgan fingerprint density at radius 3 is 1.39 bits per heavy atom. The summed E-state index contributed by atoms with van der Waals surface area (Å²) in [5.74, 6) is 1.72. The maximum absolute atomic E-state index is 17.0. The highest BCUT2D eigenvalue weighted by Crippen LogP contribution is 2.48. The van der Waals surface area contributed by atoms with Crippen LogP contribution in [0.2, 0.25) is 0 Å². The Bertz CT molecular complexity index is 1840. The van der Waals surface area contributed by atoms with Crippen molar-refractivity contribution in [2.24, 2.45) is 0 Å². The van der Waals surface area contributed by atoms with Crippen LogP contribution >= 0.6 is 0 Å².